The zero-order valence-corrected chi connectivity index (χ0v) is 14.7. The maximum absolute atomic E-state index is 12.5. The van der Waals surface area contributed by atoms with Crippen molar-refractivity contribution in [1.82, 2.24) is 10.3 Å². The topological polar surface area (TPSA) is 44.9 Å². The molecule has 1 fully saturated rings. The Morgan fingerprint density at radius 3 is 2.96 bits per heavy atom. The predicted octanol–water partition coefficient (Wildman–Crippen LogP) is 4.60. The molecule has 1 heterocycles. The summed E-state index contributed by atoms with van der Waals surface area (Å²) in [5, 5.41) is 4.45. The number of carbonyl (C=O) groups excluding carboxylic acids is 1. The Bertz CT molecular complexity index is 715. The summed E-state index contributed by atoms with van der Waals surface area (Å²) in [6, 6.07) is 8.47. The van der Waals surface area contributed by atoms with Crippen LogP contribution in [0.4, 0.5) is 0 Å². The van der Waals surface area contributed by atoms with E-state index in [2.05, 4.69) is 42.4 Å². The Labute approximate surface area is 144 Å². The number of rotatable bonds is 6. The zero-order valence-electron chi connectivity index (χ0n) is 14.7. The van der Waals surface area contributed by atoms with E-state index in [1.165, 1.54) is 6.42 Å². The number of nitrogens with one attached hydrogen (secondary N) is 2. The van der Waals surface area contributed by atoms with E-state index in [4.69, 9.17) is 0 Å². The van der Waals surface area contributed by atoms with Gasteiger partial charge < -0.3 is 10.3 Å². The molecule has 1 aliphatic carbocycles. The van der Waals surface area contributed by atoms with E-state index in [0.29, 0.717) is 24.3 Å². The molecule has 0 spiro atoms. The van der Waals surface area contributed by atoms with Crippen LogP contribution in [0.1, 0.15) is 45.1 Å². The molecular weight excluding hydrogens is 296 g/mol. The molecule has 1 aliphatic rings. The van der Waals surface area contributed by atoms with Crippen molar-refractivity contribution in [1.29, 1.82) is 0 Å². The summed E-state index contributed by atoms with van der Waals surface area (Å²) in [5.41, 5.74) is 2.17. The van der Waals surface area contributed by atoms with Gasteiger partial charge in [-0.3, -0.25) is 4.79 Å². The highest BCUT2D eigenvalue weighted by Gasteiger charge is 2.33. The molecule has 2 N–H and O–H groups in total. The van der Waals surface area contributed by atoms with Crippen molar-refractivity contribution in [3.63, 3.8) is 0 Å². The first-order valence-electron chi connectivity index (χ1n) is 9.18. The van der Waals surface area contributed by atoms with Crippen molar-refractivity contribution >= 4 is 16.8 Å². The van der Waals surface area contributed by atoms with E-state index >= 15 is 0 Å². The van der Waals surface area contributed by atoms with Crippen LogP contribution in [0.2, 0.25) is 0 Å². The van der Waals surface area contributed by atoms with Crippen LogP contribution in [0.15, 0.2) is 42.6 Å². The molecule has 128 valence electrons. The summed E-state index contributed by atoms with van der Waals surface area (Å²) in [6.07, 6.45) is 11.4. The molecule has 0 aliphatic heterocycles. The van der Waals surface area contributed by atoms with E-state index in [0.717, 1.165) is 35.7 Å². The number of hydrogen-bond acceptors (Lipinski definition) is 1. The second-order valence-corrected chi connectivity index (χ2v) is 7.04. The number of amides is 1. The Morgan fingerprint density at radius 2 is 2.12 bits per heavy atom. The lowest BCUT2D eigenvalue weighted by Crippen LogP contribution is -2.39. The third-order valence-electron chi connectivity index (χ3n) is 5.36. The Hall–Kier alpha value is -2.03. The Balaban J connectivity index is 1.62. The largest absolute Gasteiger partial charge is 0.361 e. The smallest absolute Gasteiger partial charge is 0.224 e. The number of fused-ring (bicyclic) bond motifs is 1. The molecule has 1 aromatic carbocycles. The number of hydrogen-bond donors (Lipinski definition) is 2. The SMILES string of the molecule is CC/C=C\CC1C(C)CCC1NC(=O)Cc1c[nH]c2ccccc12. The number of para-hydroxylation sites is 1. The van der Waals surface area contributed by atoms with E-state index in [9.17, 15) is 4.79 Å². The third kappa shape index (κ3) is 3.72. The number of aromatic amines is 1. The summed E-state index contributed by atoms with van der Waals surface area (Å²) in [6.45, 7) is 4.48. The normalized spacial score (nSPS) is 24.0. The Morgan fingerprint density at radius 1 is 1.29 bits per heavy atom. The van der Waals surface area contributed by atoms with Gasteiger partial charge in [0.1, 0.15) is 0 Å². The van der Waals surface area contributed by atoms with Crippen LogP contribution in [0.5, 0.6) is 0 Å². The van der Waals surface area contributed by atoms with Gasteiger partial charge in [0.25, 0.3) is 0 Å². The maximum atomic E-state index is 12.5. The molecule has 24 heavy (non-hydrogen) atoms. The monoisotopic (exact) mass is 324 g/mol. The third-order valence-corrected chi connectivity index (χ3v) is 5.36. The second-order valence-electron chi connectivity index (χ2n) is 7.04. The number of H-pyrrole nitrogens is 1. The predicted molar refractivity (Wildman–Crippen MR) is 99.9 cm³/mol. The quantitative estimate of drug-likeness (QED) is 0.750. The molecule has 1 amide bonds. The van der Waals surface area contributed by atoms with E-state index in [1.54, 1.807) is 0 Å². The molecule has 1 saturated carbocycles. The van der Waals surface area contributed by atoms with Gasteiger partial charge in [0.15, 0.2) is 0 Å². The molecule has 3 nitrogen and oxygen atoms in total. The van der Waals surface area contributed by atoms with Gasteiger partial charge in [-0.05, 0) is 49.1 Å². The van der Waals surface area contributed by atoms with Gasteiger partial charge in [0.05, 0.1) is 6.42 Å². The highest BCUT2D eigenvalue weighted by molar-refractivity contribution is 5.88. The highest BCUT2D eigenvalue weighted by Crippen LogP contribution is 2.34. The first-order chi connectivity index (χ1) is 11.7. The number of allylic oxidation sites excluding steroid dienone is 2. The van der Waals surface area contributed by atoms with Gasteiger partial charge in [-0.1, -0.05) is 44.2 Å². The van der Waals surface area contributed by atoms with Crippen molar-refractivity contribution in [2.45, 2.75) is 52.0 Å². The van der Waals surface area contributed by atoms with Gasteiger partial charge in [-0.2, -0.15) is 0 Å². The molecule has 3 heteroatoms. The van der Waals surface area contributed by atoms with E-state index in [1.807, 2.05) is 24.4 Å². The fraction of sp³-hybridized carbons (Fsp3) is 0.476. The maximum Gasteiger partial charge on any atom is 0.224 e. The van der Waals surface area contributed by atoms with Crippen LogP contribution >= 0.6 is 0 Å². The molecule has 3 rings (SSSR count). The van der Waals surface area contributed by atoms with Crippen LogP contribution in [-0.2, 0) is 11.2 Å². The van der Waals surface area contributed by atoms with Crippen molar-refractivity contribution < 1.29 is 4.79 Å². The van der Waals surface area contributed by atoms with Gasteiger partial charge in [-0.25, -0.2) is 0 Å². The van der Waals surface area contributed by atoms with Crippen LogP contribution in [0.25, 0.3) is 10.9 Å². The van der Waals surface area contributed by atoms with E-state index < -0.39 is 0 Å². The first-order valence-corrected chi connectivity index (χ1v) is 9.18. The number of aromatic nitrogens is 1. The first kappa shape index (κ1) is 16.8. The minimum absolute atomic E-state index is 0.142. The molecule has 3 unspecified atom stereocenters. The van der Waals surface area contributed by atoms with E-state index in [-0.39, 0.29) is 5.91 Å². The molecule has 2 aromatic rings. The van der Waals surface area contributed by atoms with Crippen LogP contribution < -0.4 is 5.32 Å². The average molecular weight is 324 g/mol. The molecule has 0 saturated heterocycles. The molecule has 1 aromatic heterocycles. The fourth-order valence-corrected chi connectivity index (χ4v) is 3.97. The average Bonchev–Trinajstić information content (AvgIpc) is 3.13. The fourth-order valence-electron chi connectivity index (χ4n) is 3.97. The van der Waals surface area contributed by atoms with Crippen molar-refractivity contribution in [3.05, 3.63) is 48.2 Å². The second kappa shape index (κ2) is 7.69. The molecule has 3 atom stereocenters. The summed E-state index contributed by atoms with van der Waals surface area (Å²) in [4.78, 5) is 15.8. The summed E-state index contributed by atoms with van der Waals surface area (Å²) < 4.78 is 0. The van der Waals surface area contributed by atoms with Crippen LogP contribution in [-0.4, -0.2) is 16.9 Å². The molecule has 0 radical (unpaired) electrons. The van der Waals surface area contributed by atoms with Crippen LogP contribution in [0, 0.1) is 11.8 Å². The van der Waals surface area contributed by atoms with Gasteiger partial charge >= 0.3 is 0 Å². The standard InChI is InChI=1S/C21H28N2O/c1-3-4-5-8-17-15(2)11-12-20(17)23-21(24)13-16-14-22-19-10-7-6-9-18(16)19/h4-7,9-10,14-15,17,20,22H,3,8,11-13H2,1-2H3,(H,23,24)/b5-4-. The number of benzene rings is 1. The number of carbonyl (C=O) groups is 1. The minimum atomic E-state index is 0.142. The lowest BCUT2D eigenvalue weighted by molar-refractivity contribution is -0.121. The van der Waals surface area contributed by atoms with Gasteiger partial charge in [0, 0.05) is 23.1 Å². The summed E-state index contributed by atoms with van der Waals surface area (Å²) in [5.74, 6) is 1.40. The van der Waals surface area contributed by atoms with Crippen molar-refractivity contribution in [2.75, 3.05) is 0 Å². The molecule has 0 bridgehead atoms. The van der Waals surface area contributed by atoms with Gasteiger partial charge in [-0.15, -0.1) is 0 Å². The summed E-state index contributed by atoms with van der Waals surface area (Å²) in [7, 11) is 0. The highest BCUT2D eigenvalue weighted by atomic mass is 16.1. The summed E-state index contributed by atoms with van der Waals surface area (Å²) >= 11 is 0. The van der Waals surface area contributed by atoms with Gasteiger partial charge in [0.2, 0.25) is 5.91 Å². The minimum Gasteiger partial charge on any atom is -0.361 e. The lowest BCUT2D eigenvalue weighted by atomic mass is 9.91. The Kier molecular flexibility index (Phi) is 5.39. The molecular formula is C21H28N2O. The van der Waals surface area contributed by atoms with Crippen LogP contribution in [0.3, 0.4) is 0 Å². The lowest BCUT2D eigenvalue weighted by Gasteiger charge is -2.22. The van der Waals surface area contributed by atoms with Crippen molar-refractivity contribution in [2.24, 2.45) is 11.8 Å². The zero-order chi connectivity index (χ0) is 16.9. The van der Waals surface area contributed by atoms with Crippen molar-refractivity contribution in [3.8, 4) is 0 Å².